The third-order valence-electron chi connectivity index (χ3n) is 4.48. The summed E-state index contributed by atoms with van der Waals surface area (Å²) < 4.78 is 5.23. The van der Waals surface area contributed by atoms with Crippen molar-refractivity contribution in [1.29, 1.82) is 0 Å². The molecule has 8 heteroatoms. The van der Waals surface area contributed by atoms with Gasteiger partial charge in [-0.15, -0.1) is 0 Å². The van der Waals surface area contributed by atoms with Crippen molar-refractivity contribution >= 4 is 23.7 Å². The minimum Gasteiger partial charge on any atom is -0.495 e. The van der Waals surface area contributed by atoms with Crippen molar-refractivity contribution in [2.75, 3.05) is 7.11 Å². The standard InChI is InChI=1S/C16H16N2O6/c1-7-12-8(3-4-9(16(22)23)13(12)24-2)15(21)18(7)10-5-6-11(19)17-14(10)20/h3-4,7,10H,5-6H2,1-2H3,(H,22,23)(H,17,19,20)/t7-,10+/m1/s1. The van der Waals surface area contributed by atoms with Crippen molar-refractivity contribution in [3.8, 4) is 5.75 Å². The maximum atomic E-state index is 12.7. The van der Waals surface area contributed by atoms with E-state index in [0.717, 1.165) is 0 Å². The van der Waals surface area contributed by atoms with Crippen LogP contribution in [-0.4, -0.2) is 46.8 Å². The Hall–Kier alpha value is -2.90. The second-order valence-corrected chi connectivity index (χ2v) is 5.77. The summed E-state index contributed by atoms with van der Waals surface area (Å²) in [7, 11) is 1.34. The lowest BCUT2D eigenvalue weighted by molar-refractivity contribution is -0.137. The normalized spacial score (nSPS) is 23.1. The van der Waals surface area contributed by atoms with Gasteiger partial charge in [0.1, 0.15) is 17.4 Å². The van der Waals surface area contributed by atoms with E-state index in [9.17, 15) is 24.3 Å². The van der Waals surface area contributed by atoms with E-state index in [4.69, 9.17) is 4.74 Å². The average molecular weight is 332 g/mol. The largest absolute Gasteiger partial charge is 0.495 e. The first-order valence-corrected chi connectivity index (χ1v) is 7.47. The SMILES string of the molecule is COc1c(C(=O)O)ccc2c1[C@@H](C)N([C@H]1CCC(=O)NC1=O)C2=O. The molecule has 0 saturated carbocycles. The smallest absolute Gasteiger partial charge is 0.339 e. The molecule has 2 N–H and O–H groups in total. The fraction of sp³-hybridized carbons (Fsp3) is 0.375. The van der Waals surface area contributed by atoms with Crippen LogP contribution >= 0.6 is 0 Å². The van der Waals surface area contributed by atoms with E-state index in [2.05, 4.69) is 5.32 Å². The molecule has 2 heterocycles. The zero-order valence-corrected chi connectivity index (χ0v) is 13.2. The third-order valence-corrected chi connectivity index (χ3v) is 4.48. The monoisotopic (exact) mass is 332 g/mol. The highest BCUT2D eigenvalue weighted by atomic mass is 16.5. The Bertz CT molecular complexity index is 772. The maximum Gasteiger partial charge on any atom is 0.339 e. The van der Waals surface area contributed by atoms with Crippen molar-refractivity contribution in [2.24, 2.45) is 0 Å². The molecular weight excluding hydrogens is 316 g/mol. The van der Waals surface area contributed by atoms with Crippen molar-refractivity contribution in [2.45, 2.75) is 31.8 Å². The first-order chi connectivity index (χ1) is 11.4. The van der Waals surface area contributed by atoms with Crippen LogP contribution < -0.4 is 10.1 Å². The van der Waals surface area contributed by atoms with E-state index >= 15 is 0 Å². The van der Waals surface area contributed by atoms with Crippen molar-refractivity contribution in [1.82, 2.24) is 10.2 Å². The van der Waals surface area contributed by atoms with Gasteiger partial charge in [0.2, 0.25) is 11.8 Å². The molecule has 2 aliphatic rings. The van der Waals surface area contributed by atoms with E-state index < -0.39 is 24.0 Å². The Balaban J connectivity index is 2.05. The Labute approximate surface area is 137 Å². The molecule has 3 rings (SSSR count). The zero-order valence-electron chi connectivity index (χ0n) is 13.2. The summed E-state index contributed by atoms with van der Waals surface area (Å²) in [5.74, 6) is -2.29. The first-order valence-electron chi connectivity index (χ1n) is 7.47. The van der Waals surface area contributed by atoms with E-state index in [1.165, 1.54) is 24.1 Å². The van der Waals surface area contributed by atoms with Gasteiger partial charge in [0.05, 0.1) is 13.2 Å². The number of ether oxygens (including phenoxy) is 1. The Kier molecular flexibility index (Phi) is 3.75. The van der Waals surface area contributed by atoms with E-state index in [0.29, 0.717) is 11.1 Å². The molecule has 0 bridgehead atoms. The van der Waals surface area contributed by atoms with Crippen LogP contribution in [-0.2, 0) is 9.59 Å². The van der Waals surface area contributed by atoms with Gasteiger partial charge in [-0.3, -0.25) is 19.7 Å². The van der Waals surface area contributed by atoms with Crippen molar-refractivity contribution in [3.63, 3.8) is 0 Å². The Morgan fingerprint density at radius 1 is 1.33 bits per heavy atom. The van der Waals surface area contributed by atoms with Crippen LogP contribution in [0, 0.1) is 0 Å². The number of aromatic carboxylic acids is 1. The highest BCUT2D eigenvalue weighted by molar-refractivity contribution is 6.07. The number of amides is 3. The number of rotatable bonds is 3. The first kappa shape index (κ1) is 16.0. The molecule has 0 unspecified atom stereocenters. The molecule has 1 fully saturated rings. The van der Waals surface area contributed by atoms with E-state index in [1.54, 1.807) is 6.92 Å². The van der Waals surface area contributed by atoms with Crippen LogP contribution in [0.3, 0.4) is 0 Å². The summed E-state index contributed by atoms with van der Waals surface area (Å²) in [6.45, 7) is 1.71. The van der Waals surface area contributed by atoms with E-state index in [1.807, 2.05) is 0 Å². The maximum absolute atomic E-state index is 12.7. The number of carboxylic acid groups (broad SMARTS) is 1. The number of nitrogens with zero attached hydrogens (tertiary/aromatic N) is 1. The second-order valence-electron chi connectivity index (χ2n) is 5.77. The molecular formula is C16H16N2O6. The van der Waals surface area contributed by atoms with Gasteiger partial charge < -0.3 is 14.7 Å². The highest BCUT2D eigenvalue weighted by Crippen LogP contribution is 2.43. The number of carbonyl (C=O) groups excluding carboxylic acids is 3. The number of nitrogens with one attached hydrogen (secondary N) is 1. The van der Waals surface area contributed by atoms with Crippen LogP contribution in [0.1, 0.15) is 52.1 Å². The lowest BCUT2D eigenvalue weighted by atomic mass is 9.99. The molecule has 1 saturated heterocycles. The van der Waals surface area contributed by atoms with Crippen LogP contribution in [0.2, 0.25) is 0 Å². The molecule has 24 heavy (non-hydrogen) atoms. The van der Waals surface area contributed by atoms with Crippen LogP contribution in [0.5, 0.6) is 5.75 Å². The van der Waals surface area contributed by atoms with Crippen LogP contribution in [0.25, 0.3) is 0 Å². The summed E-state index contributed by atoms with van der Waals surface area (Å²) in [6.07, 6.45) is 0.392. The topological polar surface area (TPSA) is 113 Å². The number of benzene rings is 1. The number of hydrogen-bond acceptors (Lipinski definition) is 5. The molecule has 0 aromatic heterocycles. The number of piperidine rings is 1. The summed E-state index contributed by atoms with van der Waals surface area (Å²) in [5.41, 5.74) is 0.724. The summed E-state index contributed by atoms with van der Waals surface area (Å²) >= 11 is 0. The molecule has 1 aromatic rings. The highest BCUT2D eigenvalue weighted by Gasteiger charge is 2.45. The Morgan fingerprint density at radius 3 is 2.62 bits per heavy atom. The van der Waals surface area contributed by atoms with Gasteiger partial charge >= 0.3 is 5.97 Å². The second kappa shape index (κ2) is 5.63. The molecule has 1 aromatic carbocycles. The van der Waals surface area contributed by atoms with Crippen LogP contribution in [0.4, 0.5) is 0 Å². The van der Waals surface area contributed by atoms with Gasteiger partial charge in [0, 0.05) is 17.5 Å². The number of fused-ring (bicyclic) bond motifs is 1. The summed E-state index contributed by atoms with van der Waals surface area (Å²) in [5, 5.41) is 11.5. The van der Waals surface area contributed by atoms with Gasteiger partial charge in [0.25, 0.3) is 5.91 Å². The number of carboxylic acids is 1. The molecule has 0 spiro atoms. The molecule has 2 atom stereocenters. The Morgan fingerprint density at radius 2 is 2.04 bits per heavy atom. The molecule has 0 aliphatic carbocycles. The minimum atomic E-state index is -1.16. The van der Waals surface area contributed by atoms with Crippen molar-refractivity contribution < 1.29 is 29.0 Å². The molecule has 8 nitrogen and oxygen atoms in total. The van der Waals surface area contributed by atoms with E-state index in [-0.39, 0.29) is 36.0 Å². The predicted octanol–water partition coefficient (Wildman–Crippen LogP) is 0.715. The van der Waals surface area contributed by atoms with Crippen molar-refractivity contribution in [3.05, 3.63) is 28.8 Å². The lowest BCUT2D eigenvalue weighted by Gasteiger charge is -2.33. The zero-order chi connectivity index (χ0) is 17.6. The van der Waals surface area contributed by atoms with Gasteiger partial charge in [-0.25, -0.2) is 4.79 Å². The summed E-state index contributed by atoms with van der Waals surface area (Å²) in [6, 6.07) is 1.45. The number of hydrogen-bond donors (Lipinski definition) is 2. The quantitative estimate of drug-likeness (QED) is 0.789. The lowest BCUT2D eigenvalue weighted by Crippen LogP contribution is -2.53. The van der Waals surface area contributed by atoms with Gasteiger partial charge in [-0.1, -0.05) is 0 Å². The number of carbonyl (C=O) groups is 4. The number of methoxy groups -OCH3 is 1. The minimum absolute atomic E-state index is 0.0407. The van der Waals surface area contributed by atoms with Gasteiger partial charge in [-0.05, 0) is 25.5 Å². The van der Waals surface area contributed by atoms with Gasteiger partial charge in [-0.2, -0.15) is 0 Å². The van der Waals surface area contributed by atoms with Crippen LogP contribution in [0.15, 0.2) is 12.1 Å². The number of imide groups is 1. The average Bonchev–Trinajstić information content (AvgIpc) is 2.78. The molecule has 126 valence electrons. The van der Waals surface area contributed by atoms with Gasteiger partial charge in [0.15, 0.2) is 0 Å². The summed E-state index contributed by atoms with van der Waals surface area (Å²) in [4.78, 5) is 48.9. The fourth-order valence-corrected chi connectivity index (χ4v) is 3.40. The fourth-order valence-electron chi connectivity index (χ4n) is 3.40. The third kappa shape index (κ3) is 2.22. The predicted molar refractivity (Wildman–Crippen MR) is 80.7 cm³/mol. The molecule has 3 amide bonds. The molecule has 0 radical (unpaired) electrons. The molecule has 2 aliphatic heterocycles.